The Kier molecular flexibility index (Phi) is 4.75. The van der Waals surface area contributed by atoms with Gasteiger partial charge in [-0.3, -0.25) is 28.1 Å². The maximum atomic E-state index is 12.7. The van der Waals surface area contributed by atoms with Gasteiger partial charge in [-0.25, -0.2) is 4.79 Å². The number of carbonyl (C=O) groups excluding carboxylic acids is 1. The van der Waals surface area contributed by atoms with E-state index < -0.39 is 22.7 Å². The number of carbonyl (C=O) groups is 1. The minimum atomic E-state index is -0.639. The highest BCUT2D eigenvalue weighted by Crippen LogP contribution is 2.12. The molecule has 1 amide bonds. The number of benzene rings is 1. The van der Waals surface area contributed by atoms with Crippen molar-refractivity contribution in [3.05, 3.63) is 77.7 Å². The van der Waals surface area contributed by atoms with Crippen LogP contribution in [0, 0.1) is 0 Å². The second-order valence-corrected chi connectivity index (χ2v) is 6.61. The third kappa shape index (κ3) is 3.19. The van der Waals surface area contributed by atoms with Crippen LogP contribution in [0.25, 0.3) is 11.0 Å². The number of fused-ring (bicyclic) bond motifs is 1. The zero-order valence-electron chi connectivity index (χ0n) is 14.9. The Bertz CT molecular complexity index is 1240. The molecule has 0 spiro atoms. The fraction of sp³-hybridized carbons (Fsp3) is 0.222. The molecule has 2 aromatic heterocycles. The lowest BCUT2D eigenvalue weighted by Crippen LogP contribution is -2.41. The standard InChI is InChI=1S/C18H17ClN4O4/c1-21-13(24)8-12(14-16(21)22(2)18(27)23(3)17(14)26)15(25)20-9-10-4-6-11(19)7-5-10/h4-8H,9H2,1-3H3,(H,20,25). The van der Waals surface area contributed by atoms with E-state index in [1.165, 1.54) is 30.3 Å². The quantitative estimate of drug-likeness (QED) is 0.707. The maximum absolute atomic E-state index is 12.7. The summed E-state index contributed by atoms with van der Waals surface area (Å²) in [6.45, 7) is 0.193. The third-order valence-electron chi connectivity index (χ3n) is 4.43. The monoisotopic (exact) mass is 388 g/mol. The van der Waals surface area contributed by atoms with Crippen LogP contribution in [0.4, 0.5) is 0 Å². The molecule has 0 atom stereocenters. The zero-order valence-corrected chi connectivity index (χ0v) is 15.7. The molecule has 0 radical (unpaired) electrons. The number of aromatic nitrogens is 3. The lowest BCUT2D eigenvalue weighted by molar-refractivity contribution is 0.0952. The average molecular weight is 389 g/mol. The van der Waals surface area contributed by atoms with Gasteiger partial charge in [0.05, 0.1) is 10.9 Å². The first-order valence-electron chi connectivity index (χ1n) is 8.04. The number of halogens is 1. The molecule has 3 aromatic rings. The number of nitrogens with one attached hydrogen (secondary N) is 1. The molecule has 0 saturated heterocycles. The van der Waals surface area contributed by atoms with E-state index in [-0.39, 0.29) is 23.1 Å². The molecule has 0 unspecified atom stereocenters. The zero-order chi connectivity index (χ0) is 19.9. The van der Waals surface area contributed by atoms with E-state index in [4.69, 9.17) is 11.6 Å². The fourth-order valence-corrected chi connectivity index (χ4v) is 3.04. The second kappa shape index (κ2) is 6.88. The predicted octanol–water partition coefficient (Wildman–Crippen LogP) is 0.519. The van der Waals surface area contributed by atoms with Crippen LogP contribution in [-0.2, 0) is 27.7 Å². The highest BCUT2D eigenvalue weighted by Gasteiger charge is 2.20. The Morgan fingerprint density at radius 3 is 2.26 bits per heavy atom. The molecular weight excluding hydrogens is 372 g/mol. The first-order valence-corrected chi connectivity index (χ1v) is 8.42. The Hall–Kier alpha value is -3.13. The molecule has 0 aliphatic rings. The molecular formula is C18H17ClN4O4. The highest BCUT2D eigenvalue weighted by atomic mass is 35.5. The topological polar surface area (TPSA) is 95.1 Å². The van der Waals surface area contributed by atoms with Crippen LogP contribution in [0.5, 0.6) is 0 Å². The van der Waals surface area contributed by atoms with Crippen molar-refractivity contribution in [3.63, 3.8) is 0 Å². The Labute approximate surface area is 158 Å². The van der Waals surface area contributed by atoms with Crippen molar-refractivity contribution in [1.29, 1.82) is 0 Å². The van der Waals surface area contributed by atoms with Gasteiger partial charge in [0, 0.05) is 38.8 Å². The van der Waals surface area contributed by atoms with E-state index in [0.717, 1.165) is 16.2 Å². The summed E-state index contributed by atoms with van der Waals surface area (Å²) in [5.41, 5.74) is -0.893. The van der Waals surface area contributed by atoms with Crippen LogP contribution >= 0.6 is 11.6 Å². The van der Waals surface area contributed by atoms with Crippen LogP contribution in [0.3, 0.4) is 0 Å². The van der Waals surface area contributed by atoms with Gasteiger partial charge in [-0.15, -0.1) is 0 Å². The van der Waals surface area contributed by atoms with Crippen molar-refractivity contribution < 1.29 is 4.79 Å². The molecule has 1 N–H and O–H groups in total. The van der Waals surface area contributed by atoms with Gasteiger partial charge < -0.3 is 5.32 Å². The molecule has 9 heteroatoms. The van der Waals surface area contributed by atoms with Gasteiger partial charge in [0.1, 0.15) is 5.65 Å². The van der Waals surface area contributed by atoms with Crippen molar-refractivity contribution in [2.24, 2.45) is 21.1 Å². The summed E-state index contributed by atoms with van der Waals surface area (Å²) in [4.78, 5) is 49.8. The molecule has 0 fully saturated rings. The SMILES string of the molecule is Cn1c(=O)c2c(C(=O)NCc3ccc(Cl)cc3)cc(=O)n(C)c2n(C)c1=O. The summed E-state index contributed by atoms with van der Waals surface area (Å²) in [7, 11) is 4.21. The van der Waals surface area contributed by atoms with E-state index in [9.17, 15) is 19.2 Å². The van der Waals surface area contributed by atoms with E-state index >= 15 is 0 Å². The second-order valence-electron chi connectivity index (χ2n) is 6.17. The van der Waals surface area contributed by atoms with Crippen LogP contribution in [0.1, 0.15) is 15.9 Å². The van der Waals surface area contributed by atoms with Crippen molar-refractivity contribution in [3.8, 4) is 0 Å². The number of rotatable bonds is 3. The molecule has 1 aromatic carbocycles. The van der Waals surface area contributed by atoms with E-state index in [1.54, 1.807) is 24.3 Å². The minimum Gasteiger partial charge on any atom is -0.348 e. The summed E-state index contributed by atoms with van der Waals surface area (Å²) < 4.78 is 3.25. The van der Waals surface area contributed by atoms with Crippen molar-refractivity contribution in [2.45, 2.75) is 6.54 Å². The molecule has 0 aliphatic heterocycles. The summed E-state index contributed by atoms with van der Waals surface area (Å²) in [6, 6.07) is 8.01. The lowest BCUT2D eigenvalue weighted by atomic mass is 10.1. The van der Waals surface area contributed by atoms with E-state index in [0.29, 0.717) is 5.02 Å². The Balaban J connectivity index is 2.14. The minimum absolute atomic E-state index is 0.00954. The number of nitrogens with zero attached hydrogens (tertiary/aromatic N) is 3. The van der Waals surface area contributed by atoms with Crippen molar-refractivity contribution in [2.75, 3.05) is 0 Å². The fourth-order valence-electron chi connectivity index (χ4n) is 2.92. The van der Waals surface area contributed by atoms with Crippen LogP contribution in [0.2, 0.25) is 5.02 Å². The van der Waals surface area contributed by atoms with Crippen LogP contribution in [0.15, 0.2) is 44.7 Å². The molecule has 0 bridgehead atoms. The number of amides is 1. The predicted molar refractivity (Wildman–Crippen MR) is 102 cm³/mol. The van der Waals surface area contributed by atoms with Gasteiger partial charge in [0.2, 0.25) is 0 Å². The first-order chi connectivity index (χ1) is 12.7. The van der Waals surface area contributed by atoms with E-state index in [1.807, 2.05) is 0 Å². The number of pyridine rings is 1. The number of aryl methyl sites for hydroxylation is 2. The third-order valence-corrected chi connectivity index (χ3v) is 4.68. The highest BCUT2D eigenvalue weighted by molar-refractivity contribution is 6.30. The van der Waals surface area contributed by atoms with Crippen LogP contribution < -0.4 is 22.1 Å². The molecule has 140 valence electrons. The lowest BCUT2D eigenvalue weighted by Gasteiger charge is -2.14. The number of hydrogen-bond donors (Lipinski definition) is 1. The summed E-state index contributed by atoms with van der Waals surface area (Å²) >= 11 is 5.84. The maximum Gasteiger partial charge on any atom is 0.332 e. The largest absolute Gasteiger partial charge is 0.348 e. The first kappa shape index (κ1) is 18.7. The van der Waals surface area contributed by atoms with Gasteiger partial charge in [0.25, 0.3) is 17.0 Å². The Morgan fingerprint density at radius 1 is 1.00 bits per heavy atom. The summed E-state index contributed by atoms with van der Waals surface area (Å²) in [6.07, 6.45) is 0. The number of hydrogen-bond acceptors (Lipinski definition) is 4. The normalized spacial score (nSPS) is 11.0. The van der Waals surface area contributed by atoms with Crippen molar-refractivity contribution in [1.82, 2.24) is 19.0 Å². The van der Waals surface area contributed by atoms with E-state index in [2.05, 4.69) is 5.32 Å². The molecule has 0 saturated carbocycles. The van der Waals surface area contributed by atoms with Gasteiger partial charge in [-0.1, -0.05) is 23.7 Å². The Morgan fingerprint density at radius 2 is 1.63 bits per heavy atom. The average Bonchev–Trinajstić information content (AvgIpc) is 2.65. The molecule has 0 aliphatic carbocycles. The molecule has 27 heavy (non-hydrogen) atoms. The molecule has 2 heterocycles. The van der Waals surface area contributed by atoms with Gasteiger partial charge in [-0.2, -0.15) is 0 Å². The summed E-state index contributed by atoms with van der Waals surface area (Å²) in [5.74, 6) is -0.580. The molecule has 8 nitrogen and oxygen atoms in total. The summed E-state index contributed by atoms with van der Waals surface area (Å²) in [5, 5.41) is 3.27. The van der Waals surface area contributed by atoms with Crippen LogP contribution in [-0.4, -0.2) is 19.6 Å². The van der Waals surface area contributed by atoms with Gasteiger partial charge in [0.15, 0.2) is 0 Å². The smallest absolute Gasteiger partial charge is 0.332 e. The van der Waals surface area contributed by atoms with Crippen molar-refractivity contribution >= 4 is 28.5 Å². The molecule has 3 rings (SSSR count). The van der Waals surface area contributed by atoms with Gasteiger partial charge in [-0.05, 0) is 17.7 Å². The van der Waals surface area contributed by atoms with Gasteiger partial charge >= 0.3 is 5.69 Å².